The molecule has 0 aliphatic carbocycles. The van der Waals surface area contributed by atoms with E-state index in [9.17, 15) is 21.6 Å². The van der Waals surface area contributed by atoms with Crippen LogP contribution in [0.5, 0.6) is 5.75 Å². The lowest BCUT2D eigenvalue weighted by Gasteiger charge is -2.12. The van der Waals surface area contributed by atoms with Crippen molar-refractivity contribution < 1.29 is 26.3 Å². The van der Waals surface area contributed by atoms with Crippen molar-refractivity contribution in [2.45, 2.75) is 17.7 Å². The van der Waals surface area contributed by atoms with Gasteiger partial charge in [0.05, 0.1) is 11.4 Å². The third-order valence-corrected chi connectivity index (χ3v) is 5.76. The maximum absolute atomic E-state index is 13.4. The third kappa shape index (κ3) is 5.07. The molecule has 10 heteroatoms. The molecule has 33 heavy (non-hydrogen) atoms. The molecule has 0 atom stereocenters. The predicted octanol–water partition coefficient (Wildman–Crippen LogP) is 4.78. The zero-order valence-electron chi connectivity index (χ0n) is 17.0. The van der Waals surface area contributed by atoms with E-state index < -0.39 is 21.9 Å². The summed E-state index contributed by atoms with van der Waals surface area (Å²) in [6.07, 6.45) is -4.73. The summed E-state index contributed by atoms with van der Waals surface area (Å²) in [7, 11) is -4.21. The summed E-state index contributed by atoms with van der Waals surface area (Å²) >= 11 is 0. The fourth-order valence-electron chi connectivity index (χ4n) is 3.24. The number of alkyl halides is 3. The quantitative estimate of drug-likeness (QED) is 0.437. The fraction of sp³-hybridized carbons (Fsp3) is 0.0870. The number of hydrogen-bond acceptors (Lipinski definition) is 4. The maximum Gasteiger partial charge on any atom is 0.435 e. The largest absolute Gasteiger partial charge is 0.489 e. The number of nitrogens with two attached hydrogens (primary N) is 1. The van der Waals surface area contributed by atoms with Gasteiger partial charge in [-0.05, 0) is 48.0 Å². The molecule has 0 spiro atoms. The van der Waals surface area contributed by atoms with Crippen LogP contribution >= 0.6 is 0 Å². The van der Waals surface area contributed by atoms with Gasteiger partial charge < -0.3 is 4.74 Å². The van der Waals surface area contributed by atoms with Crippen molar-refractivity contribution in [3.8, 4) is 22.7 Å². The number of para-hydroxylation sites is 1. The van der Waals surface area contributed by atoms with Crippen molar-refractivity contribution >= 4 is 10.0 Å². The van der Waals surface area contributed by atoms with E-state index in [1.807, 2.05) is 30.3 Å². The second-order valence-corrected chi connectivity index (χ2v) is 8.67. The number of primary sulfonamides is 1. The Balaban J connectivity index is 1.73. The maximum atomic E-state index is 13.4. The Labute approximate surface area is 188 Å². The van der Waals surface area contributed by atoms with E-state index in [4.69, 9.17) is 9.88 Å². The minimum Gasteiger partial charge on any atom is -0.489 e. The first kappa shape index (κ1) is 22.6. The average molecular weight is 473 g/mol. The number of nitrogens with zero attached hydrogens (tertiary/aromatic N) is 2. The van der Waals surface area contributed by atoms with Crippen LogP contribution in [0.15, 0.2) is 89.8 Å². The number of aromatic nitrogens is 2. The van der Waals surface area contributed by atoms with E-state index in [0.29, 0.717) is 17.9 Å². The molecular formula is C23H18F3N3O3S. The van der Waals surface area contributed by atoms with Gasteiger partial charge in [0.25, 0.3) is 0 Å². The van der Waals surface area contributed by atoms with Gasteiger partial charge in [0.2, 0.25) is 10.0 Å². The summed E-state index contributed by atoms with van der Waals surface area (Å²) in [6.45, 7) is 0.331. The highest BCUT2D eigenvalue weighted by Crippen LogP contribution is 2.34. The second-order valence-electron chi connectivity index (χ2n) is 7.14. The second kappa shape index (κ2) is 8.72. The molecule has 0 bridgehead atoms. The number of rotatable bonds is 6. The number of hydrogen-bond donors (Lipinski definition) is 1. The van der Waals surface area contributed by atoms with Crippen molar-refractivity contribution in [2.24, 2.45) is 5.14 Å². The summed E-state index contributed by atoms with van der Waals surface area (Å²) in [5.74, 6) is 0.523. The lowest BCUT2D eigenvalue weighted by molar-refractivity contribution is -0.141. The normalized spacial score (nSPS) is 12.0. The molecule has 0 unspecified atom stereocenters. The monoisotopic (exact) mass is 473 g/mol. The van der Waals surface area contributed by atoms with Crippen LogP contribution < -0.4 is 9.88 Å². The predicted molar refractivity (Wildman–Crippen MR) is 116 cm³/mol. The Kier molecular flexibility index (Phi) is 5.96. The molecule has 0 saturated heterocycles. The molecule has 3 aromatic carbocycles. The molecule has 0 aliphatic rings. The van der Waals surface area contributed by atoms with Crippen LogP contribution in [0.25, 0.3) is 16.9 Å². The Morgan fingerprint density at radius 2 is 1.55 bits per heavy atom. The Bertz CT molecular complexity index is 1370. The van der Waals surface area contributed by atoms with E-state index >= 15 is 0 Å². The number of sulfonamides is 1. The highest BCUT2D eigenvalue weighted by molar-refractivity contribution is 7.89. The molecule has 0 radical (unpaired) electrons. The highest BCUT2D eigenvalue weighted by atomic mass is 32.2. The van der Waals surface area contributed by atoms with Crippen LogP contribution in [0, 0.1) is 0 Å². The van der Waals surface area contributed by atoms with E-state index in [-0.39, 0.29) is 16.3 Å². The minimum atomic E-state index is -4.73. The molecule has 6 nitrogen and oxygen atoms in total. The van der Waals surface area contributed by atoms with Crippen molar-refractivity contribution in [1.29, 1.82) is 0 Å². The van der Waals surface area contributed by atoms with Crippen molar-refractivity contribution in [2.75, 3.05) is 0 Å². The van der Waals surface area contributed by atoms with E-state index in [1.54, 1.807) is 24.3 Å². The van der Waals surface area contributed by atoms with Crippen LogP contribution in [-0.4, -0.2) is 18.2 Å². The smallest absolute Gasteiger partial charge is 0.435 e. The van der Waals surface area contributed by atoms with Gasteiger partial charge >= 0.3 is 6.18 Å². The zero-order valence-corrected chi connectivity index (χ0v) is 17.8. The summed E-state index contributed by atoms with van der Waals surface area (Å²) in [5.41, 5.74) is 0.150. The lowest BCUT2D eigenvalue weighted by atomic mass is 10.1. The van der Waals surface area contributed by atoms with Gasteiger partial charge in [-0.2, -0.15) is 18.3 Å². The van der Waals surface area contributed by atoms with Crippen LogP contribution in [0.3, 0.4) is 0 Å². The third-order valence-electron chi connectivity index (χ3n) is 4.80. The SMILES string of the molecule is NS(=O)(=O)c1ccccc1-n1nc(C(F)(F)F)cc1-c1ccc(OCc2ccccc2)cc1. The van der Waals surface area contributed by atoms with Gasteiger partial charge in [-0.15, -0.1) is 0 Å². The van der Waals surface area contributed by atoms with E-state index in [1.165, 1.54) is 24.3 Å². The van der Waals surface area contributed by atoms with Crippen LogP contribution in [0.1, 0.15) is 11.3 Å². The topological polar surface area (TPSA) is 87.2 Å². The van der Waals surface area contributed by atoms with Gasteiger partial charge in [-0.25, -0.2) is 18.2 Å². The molecule has 0 saturated carbocycles. The zero-order chi connectivity index (χ0) is 23.6. The molecule has 4 aromatic rings. The first-order valence-corrected chi connectivity index (χ1v) is 11.2. The molecule has 0 fully saturated rings. The van der Waals surface area contributed by atoms with E-state index in [0.717, 1.165) is 16.3 Å². The minimum absolute atomic E-state index is 0.0491. The summed E-state index contributed by atoms with van der Waals surface area (Å²) < 4.78 is 71.0. The molecule has 1 aromatic heterocycles. The van der Waals surface area contributed by atoms with Crippen LogP contribution in [-0.2, 0) is 22.8 Å². The Hall–Kier alpha value is -3.63. The van der Waals surface area contributed by atoms with Gasteiger partial charge in [-0.1, -0.05) is 42.5 Å². The number of halogens is 3. The van der Waals surface area contributed by atoms with Crippen molar-refractivity contribution in [3.05, 3.63) is 96.2 Å². The fourth-order valence-corrected chi connectivity index (χ4v) is 3.96. The van der Waals surface area contributed by atoms with Crippen LogP contribution in [0.4, 0.5) is 13.2 Å². The molecular weight excluding hydrogens is 455 g/mol. The molecule has 4 rings (SSSR count). The Morgan fingerprint density at radius 3 is 2.18 bits per heavy atom. The Morgan fingerprint density at radius 1 is 0.909 bits per heavy atom. The molecule has 2 N–H and O–H groups in total. The highest BCUT2D eigenvalue weighted by Gasteiger charge is 2.35. The average Bonchev–Trinajstić information content (AvgIpc) is 3.24. The van der Waals surface area contributed by atoms with Gasteiger partial charge in [0, 0.05) is 5.56 Å². The van der Waals surface area contributed by atoms with Gasteiger partial charge in [-0.3, -0.25) is 0 Å². The first-order valence-electron chi connectivity index (χ1n) is 9.69. The van der Waals surface area contributed by atoms with Gasteiger partial charge in [0.15, 0.2) is 5.69 Å². The number of benzene rings is 3. The van der Waals surface area contributed by atoms with Crippen LogP contribution in [0.2, 0.25) is 0 Å². The molecule has 170 valence electrons. The summed E-state index contributed by atoms with van der Waals surface area (Å²) in [4.78, 5) is -0.342. The number of ether oxygens (including phenoxy) is 1. The first-order chi connectivity index (χ1) is 15.6. The standard InChI is InChI=1S/C23H18F3N3O3S/c24-23(25,26)22-14-20(29(28-22)19-8-4-5-9-21(19)33(27,30)31)17-10-12-18(13-11-17)32-15-16-6-2-1-3-7-16/h1-14H,15H2,(H2,27,30,31). The lowest BCUT2D eigenvalue weighted by Crippen LogP contribution is -2.16. The van der Waals surface area contributed by atoms with Gasteiger partial charge in [0.1, 0.15) is 17.3 Å². The van der Waals surface area contributed by atoms with Crippen molar-refractivity contribution in [3.63, 3.8) is 0 Å². The summed E-state index contributed by atoms with van der Waals surface area (Å²) in [6, 6.07) is 22.2. The molecule has 0 aliphatic heterocycles. The van der Waals surface area contributed by atoms with E-state index in [2.05, 4.69) is 5.10 Å². The molecule has 0 amide bonds. The van der Waals surface area contributed by atoms with Crippen molar-refractivity contribution in [1.82, 2.24) is 9.78 Å². The molecule has 1 heterocycles. The summed E-state index contributed by atoms with van der Waals surface area (Å²) in [5, 5.41) is 8.91.